The van der Waals surface area contributed by atoms with Crippen LogP contribution in [0.3, 0.4) is 0 Å². The monoisotopic (exact) mass is 262 g/mol. The van der Waals surface area contributed by atoms with Crippen LogP contribution in [0.1, 0.15) is 32.3 Å². The van der Waals surface area contributed by atoms with E-state index in [0.29, 0.717) is 6.04 Å². The first kappa shape index (κ1) is 14.4. The van der Waals surface area contributed by atoms with Crippen molar-refractivity contribution in [3.8, 4) is 0 Å². The molecule has 1 aromatic carbocycles. The second-order valence-electron chi connectivity index (χ2n) is 5.18. The van der Waals surface area contributed by atoms with E-state index in [9.17, 15) is 0 Å². The van der Waals surface area contributed by atoms with Crippen molar-refractivity contribution in [1.82, 2.24) is 4.90 Å². The van der Waals surface area contributed by atoms with Gasteiger partial charge in [0.1, 0.15) is 0 Å². The molecule has 1 fully saturated rings. The van der Waals surface area contributed by atoms with Crippen molar-refractivity contribution in [2.24, 2.45) is 0 Å². The van der Waals surface area contributed by atoms with Crippen LogP contribution in [0.15, 0.2) is 24.3 Å². The van der Waals surface area contributed by atoms with Gasteiger partial charge in [0.25, 0.3) is 0 Å². The molecule has 0 saturated carbocycles. The van der Waals surface area contributed by atoms with Gasteiger partial charge in [0.2, 0.25) is 0 Å². The van der Waals surface area contributed by atoms with Crippen molar-refractivity contribution in [2.45, 2.75) is 39.3 Å². The largest absolute Gasteiger partial charge is 0.380 e. The van der Waals surface area contributed by atoms with Gasteiger partial charge in [0, 0.05) is 24.9 Å². The topological polar surface area (TPSA) is 24.5 Å². The number of hydrogen-bond acceptors (Lipinski definition) is 3. The van der Waals surface area contributed by atoms with Crippen LogP contribution in [0, 0.1) is 0 Å². The Balaban J connectivity index is 2.02. The highest BCUT2D eigenvalue weighted by Crippen LogP contribution is 2.20. The first-order chi connectivity index (χ1) is 9.33. The second kappa shape index (κ2) is 7.51. The molecule has 1 saturated heterocycles. The number of nitrogens with one attached hydrogen (secondary N) is 1. The minimum atomic E-state index is 0.464. The highest BCUT2D eigenvalue weighted by molar-refractivity contribution is 5.51. The lowest BCUT2D eigenvalue weighted by Crippen LogP contribution is -2.31. The van der Waals surface area contributed by atoms with Crippen LogP contribution in [-0.2, 0) is 11.3 Å². The Morgan fingerprint density at radius 3 is 2.74 bits per heavy atom. The molecule has 0 radical (unpaired) electrons. The maximum Gasteiger partial charge on any atom is 0.0667 e. The zero-order chi connectivity index (χ0) is 13.5. The lowest BCUT2D eigenvalue weighted by molar-refractivity contribution is 0.0875. The SMILES string of the molecule is CCN(CC)Cc1ccccc1NC1CCCOC1. The van der Waals surface area contributed by atoms with Gasteiger partial charge in [-0.1, -0.05) is 32.0 Å². The third kappa shape index (κ3) is 4.22. The Morgan fingerprint density at radius 2 is 2.05 bits per heavy atom. The number of para-hydroxylation sites is 1. The van der Waals surface area contributed by atoms with Crippen LogP contribution in [0.25, 0.3) is 0 Å². The van der Waals surface area contributed by atoms with Gasteiger partial charge in [0.05, 0.1) is 6.61 Å². The molecule has 1 aliphatic rings. The molecule has 1 atom stereocenters. The van der Waals surface area contributed by atoms with Crippen LogP contribution in [0.4, 0.5) is 5.69 Å². The smallest absolute Gasteiger partial charge is 0.0667 e. The fourth-order valence-corrected chi connectivity index (χ4v) is 2.56. The van der Waals surface area contributed by atoms with Gasteiger partial charge in [-0.15, -0.1) is 0 Å². The predicted molar refractivity (Wildman–Crippen MR) is 80.5 cm³/mol. The highest BCUT2D eigenvalue weighted by atomic mass is 16.5. The summed E-state index contributed by atoms with van der Waals surface area (Å²) in [5.41, 5.74) is 2.65. The zero-order valence-electron chi connectivity index (χ0n) is 12.2. The molecule has 2 rings (SSSR count). The van der Waals surface area contributed by atoms with E-state index in [4.69, 9.17) is 4.74 Å². The standard InChI is InChI=1S/C16H26N2O/c1-3-18(4-2)12-14-8-5-6-10-16(14)17-15-9-7-11-19-13-15/h5-6,8,10,15,17H,3-4,7,9,11-13H2,1-2H3. The van der Waals surface area contributed by atoms with Crippen LogP contribution in [0.5, 0.6) is 0 Å². The van der Waals surface area contributed by atoms with Crippen molar-refractivity contribution >= 4 is 5.69 Å². The van der Waals surface area contributed by atoms with Gasteiger partial charge < -0.3 is 10.1 Å². The van der Waals surface area contributed by atoms with Crippen molar-refractivity contribution < 1.29 is 4.74 Å². The molecule has 0 spiro atoms. The fourth-order valence-electron chi connectivity index (χ4n) is 2.56. The van der Waals surface area contributed by atoms with Gasteiger partial charge >= 0.3 is 0 Å². The molecule has 1 unspecified atom stereocenters. The van der Waals surface area contributed by atoms with Crippen LogP contribution in [0.2, 0.25) is 0 Å². The summed E-state index contributed by atoms with van der Waals surface area (Å²) in [5, 5.41) is 3.65. The molecular formula is C16H26N2O. The van der Waals surface area contributed by atoms with Gasteiger partial charge in [-0.2, -0.15) is 0 Å². The average Bonchev–Trinajstić information content (AvgIpc) is 2.47. The maximum atomic E-state index is 5.54. The molecule has 1 aromatic rings. The summed E-state index contributed by atoms with van der Waals surface area (Å²) in [6.45, 7) is 9.39. The fraction of sp³-hybridized carbons (Fsp3) is 0.625. The maximum absolute atomic E-state index is 5.54. The van der Waals surface area contributed by atoms with Gasteiger partial charge in [-0.05, 0) is 37.6 Å². The summed E-state index contributed by atoms with van der Waals surface area (Å²) < 4.78 is 5.54. The summed E-state index contributed by atoms with van der Waals surface area (Å²) >= 11 is 0. The number of rotatable bonds is 6. The van der Waals surface area contributed by atoms with E-state index in [1.807, 2.05) is 0 Å². The molecule has 1 aliphatic heterocycles. The Kier molecular flexibility index (Phi) is 5.67. The van der Waals surface area contributed by atoms with E-state index < -0.39 is 0 Å². The molecule has 19 heavy (non-hydrogen) atoms. The molecule has 1 heterocycles. The third-order valence-corrected chi connectivity index (χ3v) is 3.83. The van der Waals surface area contributed by atoms with E-state index in [1.54, 1.807) is 0 Å². The van der Waals surface area contributed by atoms with Gasteiger partial charge in [-0.3, -0.25) is 4.90 Å². The number of nitrogens with zero attached hydrogens (tertiary/aromatic N) is 1. The molecule has 0 aliphatic carbocycles. The van der Waals surface area contributed by atoms with Gasteiger partial charge in [-0.25, -0.2) is 0 Å². The Labute approximate surface area is 116 Å². The minimum Gasteiger partial charge on any atom is -0.380 e. The molecule has 0 aromatic heterocycles. The Bertz CT molecular complexity index is 371. The van der Waals surface area contributed by atoms with Crippen LogP contribution < -0.4 is 5.32 Å². The average molecular weight is 262 g/mol. The molecule has 0 bridgehead atoms. The lowest BCUT2D eigenvalue weighted by atomic mass is 10.1. The van der Waals surface area contributed by atoms with Crippen molar-refractivity contribution in [3.05, 3.63) is 29.8 Å². The number of ether oxygens (including phenoxy) is 1. The highest BCUT2D eigenvalue weighted by Gasteiger charge is 2.15. The third-order valence-electron chi connectivity index (χ3n) is 3.83. The molecule has 106 valence electrons. The number of benzene rings is 1. The zero-order valence-corrected chi connectivity index (χ0v) is 12.2. The van der Waals surface area contributed by atoms with Crippen molar-refractivity contribution in [2.75, 3.05) is 31.6 Å². The molecule has 0 amide bonds. The first-order valence-corrected chi connectivity index (χ1v) is 7.48. The van der Waals surface area contributed by atoms with Crippen LogP contribution >= 0.6 is 0 Å². The summed E-state index contributed by atoms with van der Waals surface area (Å²) in [6, 6.07) is 9.11. The number of anilines is 1. The van der Waals surface area contributed by atoms with Crippen molar-refractivity contribution in [3.63, 3.8) is 0 Å². The summed E-state index contributed by atoms with van der Waals surface area (Å²) in [4.78, 5) is 2.44. The normalized spacial score (nSPS) is 19.6. The number of hydrogen-bond donors (Lipinski definition) is 1. The minimum absolute atomic E-state index is 0.464. The predicted octanol–water partition coefficient (Wildman–Crippen LogP) is 3.12. The summed E-state index contributed by atoms with van der Waals surface area (Å²) in [5.74, 6) is 0. The summed E-state index contributed by atoms with van der Waals surface area (Å²) in [7, 11) is 0. The molecule has 3 nitrogen and oxygen atoms in total. The van der Waals surface area contributed by atoms with Crippen molar-refractivity contribution in [1.29, 1.82) is 0 Å². The van der Waals surface area contributed by atoms with E-state index in [-0.39, 0.29) is 0 Å². The van der Waals surface area contributed by atoms with E-state index in [2.05, 4.69) is 48.3 Å². The van der Waals surface area contributed by atoms with Gasteiger partial charge in [0.15, 0.2) is 0 Å². The van der Waals surface area contributed by atoms with E-state index >= 15 is 0 Å². The lowest BCUT2D eigenvalue weighted by Gasteiger charge is -2.26. The molecule has 3 heteroatoms. The van der Waals surface area contributed by atoms with E-state index in [1.165, 1.54) is 17.7 Å². The summed E-state index contributed by atoms with van der Waals surface area (Å²) in [6.07, 6.45) is 2.37. The van der Waals surface area contributed by atoms with Crippen LogP contribution in [-0.4, -0.2) is 37.2 Å². The first-order valence-electron chi connectivity index (χ1n) is 7.48. The Hall–Kier alpha value is -1.06. The Morgan fingerprint density at radius 1 is 1.26 bits per heavy atom. The molecular weight excluding hydrogens is 236 g/mol. The van der Waals surface area contributed by atoms with E-state index in [0.717, 1.165) is 39.3 Å². The second-order valence-corrected chi connectivity index (χ2v) is 5.18. The molecule has 1 N–H and O–H groups in total. The quantitative estimate of drug-likeness (QED) is 0.852.